The topological polar surface area (TPSA) is 38.3 Å². The first-order valence-corrected chi connectivity index (χ1v) is 5.78. The lowest BCUT2D eigenvalue weighted by Gasteiger charge is -2.36. The van der Waals surface area contributed by atoms with Gasteiger partial charge >= 0.3 is 6.09 Å². The Hall–Kier alpha value is -0.990. The Bertz CT molecular complexity index is 220. The highest BCUT2D eigenvalue weighted by Gasteiger charge is 2.32. The number of rotatable bonds is 4. The van der Waals surface area contributed by atoms with Crippen molar-refractivity contribution in [1.82, 2.24) is 5.32 Å². The Morgan fingerprint density at radius 3 is 2.67 bits per heavy atom. The lowest BCUT2D eigenvalue weighted by atomic mass is 9.79. The highest BCUT2D eigenvalue weighted by molar-refractivity contribution is 5.68. The molecule has 1 fully saturated rings. The number of alkyl carbamates (subject to hydrolysis) is 1. The second-order valence-electron chi connectivity index (χ2n) is 4.18. The zero-order valence-electron chi connectivity index (χ0n) is 9.55. The molecule has 1 amide bonds. The Morgan fingerprint density at radius 2 is 2.13 bits per heavy atom. The first-order chi connectivity index (χ1) is 7.22. The minimum atomic E-state index is -0.291. The SMILES string of the molecule is C=CCC1(NC(=O)OCC)CCCCC1. The summed E-state index contributed by atoms with van der Waals surface area (Å²) >= 11 is 0. The molecular formula is C12H21NO2. The first kappa shape index (κ1) is 12.1. The van der Waals surface area contributed by atoms with E-state index in [-0.39, 0.29) is 11.6 Å². The van der Waals surface area contributed by atoms with E-state index in [1.165, 1.54) is 19.3 Å². The number of nitrogens with one attached hydrogen (secondary N) is 1. The standard InChI is InChI=1S/C12H21NO2/c1-3-8-12(9-6-5-7-10-12)13-11(14)15-4-2/h3H,1,4-10H2,2H3,(H,13,14). The molecule has 3 heteroatoms. The number of amides is 1. The average Bonchev–Trinajstić information content (AvgIpc) is 2.19. The molecule has 0 spiro atoms. The van der Waals surface area contributed by atoms with E-state index in [1.807, 2.05) is 13.0 Å². The van der Waals surface area contributed by atoms with E-state index in [4.69, 9.17) is 4.74 Å². The number of carbonyl (C=O) groups excluding carboxylic acids is 1. The van der Waals surface area contributed by atoms with E-state index < -0.39 is 0 Å². The van der Waals surface area contributed by atoms with Crippen LogP contribution in [0.3, 0.4) is 0 Å². The normalized spacial score (nSPS) is 19.3. The van der Waals surface area contributed by atoms with Gasteiger partial charge in [0.2, 0.25) is 0 Å². The third-order valence-electron chi connectivity index (χ3n) is 2.99. The minimum Gasteiger partial charge on any atom is -0.450 e. The summed E-state index contributed by atoms with van der Waals surface area (Å²) in [5, 5.41) is 3.00. The molecule has 1 aliphatic rings. The summed E-state index contributed by atoms with van der Waals surface area (Å²) in [7, 11) is 0. The maximum absolute atomic E-state index is 11.4. The third-order valence-corrected chi connectivity index (χ3v) is 2.99. The second-order valence-corrected chi connectivity index (χ2v) is 4.18. The van der Waals surface area contributed by atoms with E-state index in [0.29, 0.717) is 6.61 Å². The van der Waals surface area contributed by atoms with Crippen LogP contribution in [0, 0.1) is 0 Å². The monoisotopic (exact) mass is 211 g/mol. The predicted octanol–water partition coefficient (Wildman–Crippen LogP) is 3.01. The van der Waals surface area contributed by atoms with Gasteiger partial charge in [-0.05, 0) is 26.2 Å². The third kappa shape index (κ3) is 3.57. The van der Waals surface area contributed by atoms with Crippen LogP contribution >= 0.6 is 0 Å². The van der Waals surface area contributed by atoms with E-state index in [1.54, 1.807) is 0 Å². The summed E-state index contributed by atoms with van der Waals surface area (Å²) in [5.74, 6) is 0. The molecule has 0 aromatic heterocycles. The number of carbonyl (C=O) groups is 1. The Morgan fingerprint density at radius 1 is 1.47 bits per heavy atom. The zero-order chi connectivity index (χ0) is 11.1. The summed E-state index contributed by atoms with van der Waals surface area (Å²) < 4.78 is 4.93. The molecule has 1 N–H and O–H groups in total. The van der Waals surface area contributed by atoms with Crippen LogP contribution in [0.1, 0.15) is 45.4 Å². The highest BCUT2D eigenvalue weighted by Crippen LogP contribution is 2.31. The molecule has 3 nitrogen and oxygen atoms in total. The fourth-order valence-electron chi connectivity index (χ4n) is 2.27. The van der Waals surface area contributed by atoms with Gasteiger partial charge in [0.05, 0.1) is 6.61 Å². The number of hydrogen-bond donors (Lipinski definition) is 1. The van der Waals surface area contributed by atoms with Crippen molar-refractivity contribution < 1.29 is 9.53 Å². The van der Waals surface area contributed by atoms with Gasteiger partial charge in [-0.15, -0.1) is 6.58 Å². The predicted molar refractivity (Wildman–Crippen MR) is 60.8 cm³/mol. The van der Waals surface area contributed by atoms with Crippen molar-refractivity contribution in [3.63, 3.8) is 0 Å². The van der Waals surface area contributed by atoms with Crippen LogP contribution < -0.4 is 5.32 Å². The molecule has 0 saturated heterocycles. The lowest BCUT2D eigenvalue weighted by molar-refractivity contribution is 0.128. The van der Waals surface area contributed by atoms with Crippen LogP contribution in [0.2, 0.25) is 0 Å². The van der Waals surface area contributed by atoms with Crippen molar-refractivity contribution in [3.05, 3.63) is 12.7 Å². The van der Waals surface area contributed by atoms with Gasteiger partial charge in [-0.2, -0.15) is 0 Å². The van der Waals surface area contributed by atoms with Crippen LogP contribution in [0.5, 0.6) is 0 Å². The van der Waals surface area contributed by atoms with Crippen molar-refractivity contribution in [3.8, 4) is 0 Å². The molecule has 86 valence electrons. The molecule has 0 radical (unpaired) electrons. The molecular weight excluding hydrogens is 190 g/mol. The molecule has 0 heterocycles. The Labute approximate surface area is 91.9 Å². The Balaban J connectivity index is 2.55. The summed E-state index contributed by atoms with van der Waals surface area (Å²) in [6.45, 7) is 6.01. The lowest BCUT2D eigenvalue weighted by Crippen LogP contribution is -2.49. The maximum Gasteiger partial charge on any atom is 0.407 e. The van der Waals surface area contributed by atoms with Crippen molar-refractivity contribution in [2.45, 2.75) is 51.0 Å². The van der Waals surface area contributed by atoms with Gasteiger partial charge in [0.15, 0.2) is 0 Å². The fraction of sp³-hybridized carbons (Fsp3) is 0.750. The van der Waals surface area contributed by atoms with Crippen LogP contribution in [0.15, 0.2) is 12.7 Å². The van der Waals surface area contributed by atoms with Gasteiger partial charge in [-0.25, -0.2) is 4.79 Å². The molecule has 0 aromatic carbocycles. The van der Waals surface area contributed by atoms with Gasteiger partial charge < -0.3 is 10.1 Å². The van der Waals surface area contributed by atoms with Crippen molar-refractivity contribution in [2.24, 2.45) is 0 Å². The number of ether oxygens (including phenoxy) is 1. The van der Waals surface area contributed by atoms with Crippen LogP contribution in [0.25, 0.3) is 0 Å². The summed E-state index contributed by atoms with van der Waals surface area (Å²) in [6.07, 6.45) is 8.14. The zero-order valence-corrected chi connectivity index (χ0v) is 9.55. The van der Waals surface area contributed by atoms with Crippen LogP contribution in [-0.4, -0.2) is 18.2 Å². The van der Waals surface area contributed by atoms with E-state index in [0.717, 1.165) is 19.3 Å². The van der Waals surface area contributed by atoms with Gasteiger partial charge in [0.25, 0.3) is 0 Å². The fourth-order valence-corrected chi connectivity index (χ4v) is 2.27. The van der Waals surface area contributed by atoms with E-state index in [2.05, 4.69) is 11.9 Å². The van der Waals surface area contributed by atoms with Crippen molar-refractivity contribution in [1.29, 1.82) is 0 Å². The molecule has 15 heavy (non-hydrogen) atoms. The quantitative estimate of drug-likeness (QED) is 0.726. The minimum absolute atomic E-state index is 0.0910. The van der Waals surface area contributed by atoms with E-state index >= 15 is 0 Å². The molecule has 0 unspecified atom stereocenters. The molecule has 1 rings (SSSR count). The highest BCUT2D eigenvalue weighted by atomic mass is 16.5. The molecule has 1 aliphatic carbocycles. The maximum atomic E-state index is 11.4. The van der Waals surface area contributed by atoms with Gasteiger partial charge in [0, 0.05) is 5.54 Å². The van der Waals surface area contributed by atoms with Gasteiger partial charge in [0.1, 0.15) is 0 Å². The Kier molecular flexibility index (Phi) is 4.66. The summed E-state index contributed by atoms with van der Waals surface area (Å²) in [4.78, 5) is 11.4. The van der Waals surface area contributed by atoms with Crippen LogP contribution in [-0.2, 0) is 4.74 Å². The summed E-state index contributed by atoms with van der Waals surface area (Å²) in [6, 6.07) is 0. The average molecular weight is 211 g/mol. The van der Waals surface area contributed by atoms with Crippen molar-refractivity contribution in [2.75, 3.05) is 6.61 Å². The van der Waals surface area contributed by atoms with E-state index in [9.17, 15) is 4.79 Å². The summed E-state index contributed by atoms with van der Waals surface area (Å²) in [5.41, 5.74) is -0.0910. The molecule has 1 saturated carbocycles. The molecule has 0 atom stereocenters. The second kappa shape index (κ2) is 5.79. The van der Waals surface area contributed by atoms with Crippen molar-refractivity contribution >= 4 is 6.09 Å². The largest absolute Gasteiger partial charge is 0.450 e. The smallest absolute Gasteiger partial charge is 0.407 e. The van der Waals surface area contributed by atoms with Gasteiger partial charge in [-0.1, -0.05) is 25.3 Å². The molecule has 0 aromatic rings. The molecule has 0 bridgehead atoms. The number of hydrogen-bond acceptors (Lipinski definition) is 2. The van der Waals surface area contributed by atoms with Gasteiger partial charge in [-0.3, -0.25) is 0 Å². The molecule has 0 aliphatic heterocycles. The first-order valence-electron chi connectivity index (χ1n) is 5.78. The van der Waals surface area contributed by atoms with Crippen LogP contribution in [0.4, 0.5) is 4.79 Å².